The van der Waals surface area contributed by atoms with Crippen LogP contribution in [0.2, 0.25) is 0 Å². The average molecular weight is 286 g/mol. The molecule has 0 spiro atoms. The molecule has 1 saturated carbocycles. The van der Waals surface area contributed by atoms with Crippen molar-refractivity contribution < 1.29 is 18.4 Å². The van der Waals surface area contributed by atoms with Gasteiger partial charge >= 0.3 is 0 Å². The van der Waals surface area contributed by atoms with Gasteiger partial charge in [0.1, 0.15) is 6.26 Å². The van der Waals surface area contributed by atoms with Gasteiger partial charge in [-0.05, 0) is 24.6 Å². The quantitative estimate of drug-likeness (QED) is 0.928. The Morgan fingerprint density at radius 2 is 2.24 bits per heavy atom. The molecule has 2 aromatic heterocycles. The standard InChI is InChI=1S/C15H14N2O4/c18-13(10-3-5-20-8-10)16-15-6-11(15)7-17(9-15)14(19)12-2-1-4-21-12/h1-5,8,11H,6-7,9H2,(H,16,18)/t11?,15-/m0/s1. The Morgan fingerprint density at radius 3 is 2.95 bits per heavy atom. The summed E-state index contributed by atoms with van der Waals surface area (Å²) in [5, 5.41) is 3.04. The summed E-state index contributed by atoms with van der Waals surface area (Å²) in [6.45, 7) is 1.19. The summed E-state index contributed by atoms with van der Waals surface area (Å²) in [4.78, 5) is 26.1. The maximum absolute atomic E-state index is 12.2. The van der Waals surface area contributed by atoms with Crippen molar-refractivity contribution in [1.82, 2.24) is 10.2 Å². The number of nitrogens with zero attached hydrogens (tertiary/aromatic N) is 1. The first-order valence-electron chi connectivity index (χ1n) is 6.85. The highest BCUT2D eigenvalue weighted by Gasteiger charge is 2.62. The SMILES string of the molecule is O=C(N[C@]12CC1CN(C(=O)c1ccco1)C2)c1ccoc1. The summed E-state index contributed by atoms with van der Waals surface area (Å²) >= 11 is 0. The van der Waals surface area contributed by atoms with Crippen molar-refractivity contribution in [2.75, 3.05) is 13.1 Å². The first-order chi connectivity index (χ1) is 10.2. The number of rotatable bonds is 3. The maximum Gasteiger partial charge on any atom is 0.289 e. The molecule has 1 aliphatic carbocycles. The highest BCUT2D eigenvalue weighted by Crippen LogP contribution is 2.49. The number of nitrogens with one attached hydrogen (secondary N) is 1. The van der Waals surface area contributed by atoms with E-state index < -0.39 is 0 Å². The summed E-state index contributed by atoms with van der Waals surface area (Å²) in [7, 11) is 0. The number of furan rings is 2. The molecule has 21 heavy (non-hydrogen) atoms. The summed E-state index contributed by atoms with van der Waals surface area (Å²) < 4.78 is 10.1. The van der Waals surface area contributed by atoms with Crippen LogP contribution in [0.25, 0.3) is 0 Å². The largest absolute Gasteiger partial charge is 0.472 e. The Hall–Kier alpha value is -2.50. The lowest BCUT2D eigenvalue weighted by Gasteiger charge is -2.20. The third kappa shape index (κ3) is 1.94. The molecule has 2 aliphatic rings. The number of likely N-dealkylation sites (tertiary alicyclic amines) is 1. The molecule has 3 heterocycles. The van der Waals surface area contributed by atoms with E-state index in [2.05, 4.69) is 5.32 Å². The van der Waals surface area contributed by atoms with Gasteiger partial charge in [0.25, 0.3) is 11.8 Å². The molecule has 1 aliphatic heterocycles. The van der Waals surface area contributed by atoms with E-state index in [0.717, 1.165) is 6.42 Å². The minimum Gasteiger partial charge on any atom is -0.472 e. The van der Waals surface area contributed by atoms with Crippen LogP contribution in [0, 0.1) is 5.92 Å². The molecule has 1 saturated heterocycles. The summed E-state index contributed by atoms with van der Waals surface area (Å²) in [6.07, 6.45) is 5.29. The van der Waals surface area contributed by atoms with Crippen molar-refractivity contribution in [1.29, 1.82) is 0 Å². The Kier molecular flexibility index (Phi) is 2.48. The van der Waals surface area contributed by atoms with Crippen molar-refractivity contribution in [3.63, 3.8) is 0 Å². The van der Waals surface area contributed by atoms with Crippen molar-refractivity contribution in [3.05, 3.63) is 48.3 Å². The van der Waals surface area contributed by atoms with E-state index in [1.54, 1.807) is 23.1 Å². The minimum absolute atomic E-state index is 0.121. The number of carbonyl (C=O) groups is 2. The summed E-state index contributed by atoms with van der Waals surface area (Å²) in [5.41, 5.74) is 0.224. The van der Waals surface area contributed by atoms with Crippen LogP contribution in [-0.2, 0) is 0 Å². The molecule has 2 fully saturated rings. The summed E-state index contributed by atoms with van der Waals surface area (Å²) in [5.74, 6) is 0.391. The Labute approximate surface area is 120 Å². The number of hydrogen-bond donors (Lipinski definition) is 1. The third-order valence-electron chi connectivity index (χ3n) is 4.31. The molecule has 2 amide bonds. The van der Waals surface area contributed by atoms with Crippen LogP contribution in [0.3, 0.4) is 0 Å². The van der Waals surface area contributed by atoms with Gasteiger partial charge in [-0.25, -0.2) is 0 Å². The van der Waals surface area contributed by atoms with Gasteiger partial charge in [0.05, 0.1) is 23.6 Å². The second kappa shape index (κ2) is 4.25. The molecule has 1 unspecified atom stereocenters. The first kappa shape index (κ1) is 12.3. The van der Waals surface area contributed by atoms with Gasteiger partial charge in [0, 0.05) is 19.0 Å². The predicted molar refractivity (Wildman–Crippen MR) is 71.6 cm³/mol. The molecule has 2 aromatic rings. The van der Waals surface area contributed by atoms with Crippen LogP contribution in [0.1, 0.15) is 27.3 Å². The van der Waals surface area contributed by atoms with Crippen LogP contribution >= 0.6 is 0 Å². The molecule has 1 N–H and O–H groups in total. The molecule has 108 valence electrons. The molecule has 0 bridgehead atoms. The number of amides is 2. The van der Waals surface area contributed by atoms with E-state index >= 15 is 0 Å². The van der Waals surface area contributed by atoms with Crippen molar-refractivity contribution in [2.45, 2.75) is 12.0 Å². The van der Waals surface area contributed by atoms with E-state index in [4.69, 9.17) is 8.83 Å². The molecular weight excluding hydrogens is 272 g/mol. The van der Waals surface area contributed by atoms with E-state index in [1.165, 1.54) is 18.8 Å². The highest BCUT2D eigenvalue weighted by molar-refractivity contribution is 5.95. The van der Waals surface area contributed by atoms with Crippen molar-refractivity contribution >= 4 is 11.8 Å². The van der Waals surface area contributed by atoms with Gasteiger partial charge < -0.3 is 19.1 Å². The topological polar surface area (TPSA) is 75.7 Å². The molecule has 6 heteroatoms. The monoisotopic (exact) mass is 286 g/mol. The summed E-state index contributed by atoms with van der Waals surface area (Å²) in [6, 6.07) is 4.98. The fraction of sp³-hybridized carbons (Fsp3) is 0.333. The van der Waals surface area contributed by atoms with Gasteiger partial charge in [-0.15, -0.1) is 0 Å². The van der Waals surface area contributed by atoms with Crippen molar-refractivity contribution in [3.8, 4) is 0 Å². The molecule has 2 atom stereocenters. The van der Waals surface area contributed by atoms with E-state index in [-0.39, 0.29) is 17.4 Å². The zero-order chi connectivity index (χ0) is 14.4. The zero-order valence-electron chi connectivity index (χ0n) is 11.2. The van der Waals surface area contributed by atoms with Crippen LogP contribution in [-0.4, -0.2) is 35.3 Å². The normalized spacial score (nSPS) is 26.5. The lowest BCUT2D eigenvalue weighted by molar-refractivity contribution is 0.0730. The minimum atomic E-state index is -0.281. The number of piperidine rings is 1. The molecule has 4 rings (SSSR count). The second-order valence-electron chi connectivity index (χ2n) is 5.69. The third-order valence-corrected chi connectivity index (χ3v) is 4.31. The van der Waals surface area contributed by atoms with Crippen LogP contribution < -0.4 is 5.32 Å². The fourth-order valence-electron chi connectivity index (χ4n) is 3.08. The molecule has 0 aromatic carbocycles. The number of fused-ring (bicyclic) bond motifs is 1. The van der Waals surface area contributed by atoms with Gasteiger partial charge in [-0.2, -0.15) is 0 Å². The Bertz CT molecular complexity index is 677. The smallest absolute Gasteiger partial charge is 0.289 e. The van der Waals surface area contributed by atoms with Crippen LogP contribution in [0.15, 0.2) is 45.8 Å². The van der Waals surface area contributed by atoms with Gasteiger partial charge in [0.2, 0.25) is 0 Å². The zero-order valence-corrected chi connectivity index (χ0v) is 11.2. The predicted octanol–water partition coefficient (Wildman–Crippen LogP) is 1.52. The lowest BCUT2D eigenvalue weighted by atomic mass is 10.2. The van der Waals surface area contributed by atoms with E-state index in [1.807, 2.05) is 0 Å². The maximum atomic E-state index is 12.2. The molecule has 0 radical (unpaired) electrons. The van der Waals surface area contributed by atoms with Gasteiger partial charge in [-0.1, -0.05) is 0 Å². The van der Waals surface area contributed by atoms with E-state index in [9.17, 15) is 9.59 Å². The van der Waals surface area contributed by atoms with Crippen LogP contribution in [0.5, 0.6) is 0 Å². The van der Waals surface area contributed by atoms with E-state index in [0.29, 0.717) is 30.3 Å². The number of hydrogen-bond acceptors (Lipinski definition) is 4. The molecule has 6 nitrogen and oxygen atoms in total. The highest BCUT2D eigenvalue weighted by atomic mass is 16.3. The van der Waals surface area contributed by atoms with Gasteiger partial charge in [0.15, 0.2) is 5.76 Å². The first-order valence-corrected chi connectivity index (χ1v) is 6.85. The average Bonchev–Trinajstić information content (AvgIpc) is 3.04. The Morgan fingerprint density at radius 1 is 1.33 bits per heavy atom. The lowest BCUT2D eigenvalue weighted by Crippen LogP contribution is -2.43. The van der Waals surface area contributed by atoms with Crippen LogP contribution in [0.4, 0.5) is 0 Å². The fourth-order valence-corrected chi connectivity index (χ4v) is 3.08. The van der Waals surface area contributed by atoms with Gasteiger partial charge in [-0.3, -0.25) is 9.59 Å². The number of carbonyl (C=O) groups excluding carboxylic acids is 2. The van der Waals surface area contributed by atoms with Crippen molar-refractivity contribution in [2.24, 2.45) is 5.92 Å². The molecular formula is C15H14N2O4. The Balaban J connectivity index is 1.45. The second-order valence-corrected chi connectivity index (χ2v) is 5.69.